The minimum absolute atomic E-state index is 0.0275. The average Bonchev–Trinajstić information content (AvgIpc) is 2.82. The van der Waals surface area contributed by atoms with E-state index in [9.17, 15) is 14.2 Å². The SMILES string of the molecule is COc1c(C)cc(C)c(OC)c1C(=O)P(=O)(C(=O)c1c(C)cc(C(C)(C)C)cc1C)c1ccccc1. The minimum atomic E-state index is -4.37. The Morgan fingerprint density at radius 2 is 1.14 bits per heavy atom. The Morgan fingerprint density at radius 3 is 1.56 bits per heavy atom. The number of ether oxygens (including phenoxy) is 2. The third kappa shape index (κ3) is 4.65. The molecule has 0 aliphatic carbocycles. The van der Waals surface area contributed by atoms with Crippen molar-refractivity contribution in [1.82, 2.24) is 0 Å². The molecule has 190 valence electrons. The number of hydrogen-bond acceptors (Lipinski definition) is 5. The van der Waals surface area contributed by atoms with Crippen LogP contribution in [0.15, 0.2) is 48.5 Å². The lowest BCUT2D eigenvalue weighted by Crippen LogP contribution is -2.23. The van der Waals surface area contributed by atoms with Crippen LogP contribution in [0.25, 0.3) is 0 Å². The zero-order valence-corrected chi connectivity index (χ0v) is 23.5. The molecule has 36 heavy (non-hydrogen) atoms. The van der Waals surface area contributed by atoms with E-state index >= 15 is 0 Å². The highest BCUT2D eigenvalue weighted by Crippen LogP contribution is 2.55. The van der Waals surface area contributed by atoms with Crippen molar-refractivity contribution in [2.45, 2.75) is 53.9 Å². The molecule has 3 aromatic rings. The van der Waals surface area contributed by atoms with Gasteiger partial charge in [-0.2, -0.15) is 0 Å². The molecule has 0 radical (unpaired) electrons. The zero-order chi connectivity index (χ0) is 27.0. The molecule has 6 heteroatoms. The summed E-state index contributed by atoms with van der Waals surface area (Å²) in [5.41, 5.74) is 2.55. The molecule has 0 bridgehead atoms. The Bertz CT molecular complexity index is 1330. The predicted molar refractivity (Wildman–Crippen MR) is 146 cm³/mol. The van der Waals surface area contributed by atoms with Crippen LogP contribution < -0.4 is 14.8 Å². The number of rotatable bonds is 7. The molecule has 3 rings (SSSR count). The Kier molecular flexibility index (Phi) is 7.66. The zero-order valence-electron chi connectivity index (χ0n) is 22.6. The number of hydrogen-bond donors (Lipinski definition) is 0. The number of carbonyl (C=O) groups is 2. The summed E-state index contributed by atoms with van der Waals surface area (Å²) in [5, 5.41) is 0.182. The summed E-state index contributed by atoms with van der Waals surface area (Å²) in [7, 11) is -1.47. The summed E-state index contributed by atoms with van der Waals surface area (Å²) in [6, 6.07) is 14.0. The van der Waals surface area contributed by atoms with Crippen LogP contribution in [0.1, 0.15) is 69.3 Å². The Hall–Kier alpha value is -3.17. The van der Waals surface area contributed by atoms with E-state index in [2.05, 4.69) is 20.8 Å². The number of carbonyl (C=O) groups excluding carboxylic acids is 2. The van der Waals surface area contributed by atoms with Gasteiger partial charge in [0, 0.05) is 10.9 Å². The lowest BCUT2D eigenvalue weighted by atomic mass is 9.84. The largest absolute Gasteiger partial charge is 0.496 e. The van der Waals surface area contributed by atoms with Gasteiger partial charge in [-0.25, -0.2) is 0 Å². The van der Waals surface area contributed by atoms with Crippen LogP contribution in [0.3, 0.4) is 0 Å². The maximum atomic E-state index is 15.0. The molecule has 0 saturated heterocycles. The van der Waals surface area contributed by atoms with Crippen molar-refractivity contribution >= 4 is 23.5 Å². The van der Waals surface area contributed by atoms with Crippen LogP contribution in [0.4, 0.5) is 0 Å². The summed E-state index contributed by atoms with van der Waals surface area (Å²) in [4.78, 5) is 28.6. The maximum Gasteiger partial charge on any atom is 0.249 e. The second kappa shape index (κ2) is 10.1. The van der Waals surface area contributed by atoms with E-state index in [4.69, 9.17) is 9.47 Å². The van der Waals surface area contributed by atoms with Crippen LogP contribution in [0, 0.1) is 27.7 Å². The van der Waals surface area contributed by atoms with E-state index in [0.29, 0.717) is 27.8 Å². The monoisotopic (exact) mass is 506 g/mol. The van der Waals surface area contributed by atoms with Crippen molar-refractivity contribution in [3.05, 3.63) is 87.5 Å². The van der Waals surface area contributed by atoms with Gasteiger partial charge in [-0.1, -0.05) is 63.2 Å². The molecule has 0 spiro atoms. The van der Waals surface area contributed by atoms with Crippen molar-refractivity contribution in [3.8, 4) is 11.5 Å². The van der Waals surface area contributed by atoms with Crippen molar-refractivity contribution in [1.29, 1.82) is 0 Å². The second-order valence-electron chi connectivity index (χ2n) is 10.2. The van der Waals surface area contributed by atoms with Crippen LogP contribution in [0.2, 0.25) is 0 Å². The van der Waals surface area contributed by atoms with Crippen LogP contribution in [-0.2, 0) is 9.98 Å². The number of benzene rings is 3. The molecule has 0 N–H and O–H groups in total. The fourth-order valence-electron chi connectivity index (χ4n) is 4.69. The fraction of sp³-hybridized carbons (Fsp3) is 0.333. The van der Waals surface area contributed by atoms with Crippen molar-refractivity contribution in [2.24, 2.45) is 0 Å². The van der Waals surface area contributed by atoms with Crippen LogP contribution >= 0.6 is 7.14 Å². The Labute approximate surface area is 214 Å². The van der Waals surface area contributed by atoms with Gasteiger partial charge in [0.15, 0.2) is 0 Å². The van der Waals surface area contributed by atoms with E-state index in [-0.39, 0.29) is 27.8 Å². The topological polar surface area (TPSA) is 69.7 Å². The van der Waals surface area contributed by atoms with Crippen molar-refractivity contribution in [2.75, 3.05) is 14.2 Å². The second-order valence-corrected chi connectivity index (χ2v) is 12.8. The normalized spacial score (nSPS) is 13.1. The Balaban J connectivity index is 2.37. The molecule has 0 amide bonds. The van der Waals surface area contributed by atoms with Gasteiger partial charge in [-0.05, 0) is 67.0 Å². The molecule has 1 atom stereocenters. The molecule has 0 aliphatic rings. The van der Waals surface area contributed by atoms with Crippen molar-refractivity contribution < 1.29 is 23.6 Å². The molecule has 0 aliphatic heterocycles. The van der Waals surface area contributed by atoms with Crippen LogP contribution in [-0.4, -0.2) is 25.3 Å². The standard InChI is InChI=1S/C30H35O5P/c1-18-16-22(30(5,6)7)17-19(2)24(18)28(31)36(33,23-13-11-10-12-14-23)29(32)25-26(34-8)20(3)15-21(4)27(25)35-9/h10-17H,1-9H3. The summed E-state index contributed by atoms with van der Waals surface area (Å²) in [6.07, 6.45) is 0. The third-order valence-electron chi connectivity index (χ3n) is 6.53. The first-order chi connectivity index (χ1) is 16.8. The van der Waals surface area contributed by atoms with Gasteiger partial charge in [0.05, 0.1) is 14.2 Å². The van der Waals surface area contributed by atoms with E-state index in [1.807, 2.05) is 32.0 Å². The van der Waals surface area contributed by atoms with Gasteiger partial charge in [-0.3, -0.25) is 9.59 Å². The van der Waals surface area contributed by atoms with Crippen molar-refractivity contribution in [3.63, 3.8) is 0 Å². The lowest BCUT2D eigenvalue weighted by Gasteiger charge is -2.25. The van der Waals surface area contributed by atoms with Gasteiger partial charge in [0.2, 0.25) is 18.2 Å². The summed E-state index contributed by atoms with van der Waals surface area (Å²) >= 11 is 0. The van der Waals surface area contributed by atoms with E-state index in [0.717, 1.165) is 5.56 Å². The number of aryl methyl sites for hydroxylation is 4. The molecule has 0 fully saturated rings. The smallest absolute Gasteiger partial charge is 0.249 e. The van der Waals surface area contributed by atoms with Gasteiger partial charge in [0.1, 0.15) is 17.1 Å². The van der Waals surface area contributed by atoms with Gasteiger partial charge in [0.25, 0.3) is 0 Å². The minimum Gasteiger partial charge on any atom is -0.496 e. The Morgan fingerprint density at radius 1 is 0.694 bits per heavy atom. The lowest BCUT2D eigenvalue weighted by molar-refractivity contribution is 0.103. The summed E-state index contributed by atoms with van der Waals surface area (Å²) in [5.74, 6) is 0.505. The third-order valence-corrected chi connectivity index (χ3v) is 9.15. The average molecular weight is 507 g/mol. The first-order valence-electron chi connectivity index (χ1n) is 11.9. The van der Waals surface area contributed by atoms with E-state index in [1.165, 1.54) is 14.2 Å². The molecule has 0 heterocycles. The highest BCUT2D eigenvalue weighted by atomic mass is 31.2. The molecule has 5 nitrogen and oxygen atoms in total. The predicted octanol–water partition coefficient (Wildman–Crippen LogP) is 6.90. The first-order valence-corrected chi connectivity index (χ1v) is 13.6. The molecule has 3 aromatic carbocycles. The number of methoxy groups -OCH3 is 2. The van der Waals surface area contributed by atoms with E-state index < -0.39 is 18.2 Å². The van der Waals surface area contributed by atoms with Gasteiger partial charge < -0.3 is 14.0 Å². The molecule has 0 aromatic heterocycles. The fourth-order valence-corrected chi connectivity index (χ4v) is 7.12. The summed E-state index contributed by atoms with van der Waals surface area (Å²) < 4.78 is 26.1. The molecular weight excluding hydrogens is 471 g/mol. The summed E-state index contributed by atoms with van der Waals surface area (Å²) in [6.45, 7) is 13.5. The maximum absolute atomic E-state index is 15.0. The molecule has 1 unspecified atom stereocenters. The van der Waals surface area contributed by atoms with Gasteiger partial charge >= 0.3 is 0 Å². The van der Waals surface area contributed by atoms with Crippen LogP contribution in [0.5, 0.6) is 11.5 Å². The molecule has 0 saturated carbocycles. The van der Waals surface area contributed by atoms with E-state index in [1.54, 1.807) is 44.2 Å². The molecular formula is C30H35O5P. The quantitative estimate of drug-likeness (QED) is 0.326. The highest BCUT2D eigenvalue weighted by Gasteiger charge is 2.46. The first kappa shape index (κ1) is 27.4. The van der Waals surface area contributed by atoms with Gasteiger partial charge in [-0.15, -0.1) is 0 Å². The highest BCUT2D eigenvalue weighted by molar-refractivity contribution is 8.01.